The van der Waals surface area contributed by atoms with Gasteiger partial charge in [0.15, 0.2) is 5.78 Å². The normalized spacial score (nSPS) is 10.6. The number of carbonyl (C=O) groups is 2. The molecule has 0 amide bonds. The van der Waals surface area contributed by atoms with Crippen molar-refractivity contribution in [3.05, 3.63) is 23.9 Å². The standard InChI is InChI=1S/C11H11N3O3/c1-6(15)8-4-14(5-10(16)17)11-7(8)2-3-9(12)13-11/h2-4H,5H2,1H3,(H2,12,13)(H,16,17). The summed E-state index contributed by atoms with van der Waals surface area (Å²) < 4.78 is 1.41. The molecule has 0 atom stereocenters. The first-order valence-corrected chi connectivity index (χ1v) is 4.97. The van der Waals surface area contributed by atoms with Crippen molar-refractivity contribution in [3.63, 3.8) is 0 Å². The van der Waals surface area contributed by atoms with Crippen molar-refractivity contribution < 1.29 is 14.7 Å². The van der Waals surface area contributed by atoms with Crippen LogP contribution in [0.2, 0.25) is 0 Å². The lowest BCUT2D eigenvalue weighted by Gasteiger charge is -2.00. The molecule has 0 fully saturated rings. The summed E-state index contributed by atoms with van der Waals surface area (Å²) in [5.41, 5.74) is 6.42. The van der Waals surface area contributed by atoms with E-state index in [-0.39, 0.29) is 18.1 Å². The number of carboxylic acid groups (broad SMARTS) is 1. The highest BCUT2D eigenvalue weighted by atomic mass is 16.4. The van der Waals surface area contributed by atoms with Crippen LogP contribution in [-0.2, 0) is 11.3 Å². The molecule has 2 aromatic heterocycles. The zero-order chi connectivity index (χ0) is 12.6. The number of hydrogen-bond donors (Lipinski definition) is 2. The summed E-state index contributed by atoms with van der Waals surface area (Å²) in [7, 11) is 0. The minimum atomic E-state index is -0.999. The number of nitrogens with two attached hydrogens (primary N) is 1. The number of aromatic nitrogens is 2. The second kappa shape index (κ2) is 3.89. The first-order valence-electron chi connectivity index (χ1n) is 4.97. The fourth-order valence-corrected chi connectivity index (χ4v) is 1.73. The average molecular weight is 233 g/mol. The lowest BCUT2D eigenvalue weighted by Crippen LogP contribution is -2.08. The fourth-order valence-electron chi connectivity index (χ4n) is 1.73. The Hall–Kier alpha value is -2.37. The molecule has 17 heavy (non-hydrogen) atoms. The number of Topliss-reactive ketones (excluding diaryl/α,β-unsaturated/α-hetero) is 1. The van der Waals surface area contributed by atoms with Gasteiger partial charge in [-0.3, -0.25) is 9.59 Å². The van der Waals surface area contributed by atoms with Crippen LogP contribution in [0.1, 0.15) is 17.3 Å². The van der Waals surface area contributed by atoms with E-state index in [1.807, 2.05) is 0 Å². The first kappa shape index (κ1) is 11.1. The molecule has 0 radical (unpaired) electrons. The average Bonchev–Trinajstić information content (AvgIpc) is 2.56. The molecular weight excluding hydrogens is 222 g/mol. The Bertz CT molecular complexity index is 616. The molecule has 6 nitrogen and oxygen atoms in total. The van der Waals surface area contributed by atoms with Gasteiger partial charge < -0.3 is 15.4 Å². The monoisotopic (exact) mass is 233 g/mol. The minimum Gasteiger partial charge on any atom is -0.480 e. The zero-order valence-electron chi connectivity index (χ0n) is 9.17. The third kappa shape index (κ3) is 1.96. The number of nitrogen functional groups attached to an aromatic ring is 1. The van der Waals surface area contributed by atoms with Crippen LogP contribution in [0.4, 0.5) is 5.82 Å². The fraction of sp³-hybridized carbons (Fsp3) is 0.182. The van der Waals surface area contributed by atoms with Gasteiger partial charge in [-0.25, -0.2) is 4.98 Å². The number of carboxylic acids is 1. The predicted octanol–water partition coefficient (Wildman–Crippen LogP) is 0.906. The summed E-state index contributed by atoms with van der Waals surface area (Å²) in [4.78, 5) is 26.2. The highest BCUT2D eigenvalue weighted by molar-refractivity contribution is 6.06. The van der Waals surface area contributed by atoms with Gasteiger partial charge in [0.05, 0.1) is 0 Å². The van der Waals surface area contributed by atoms with Gasteiger partial charge in [0.1, 0.15) is 18.0 Å². The predicted molar refractivity (Wildman–Crippen MR) is 61.8 cm³/mol. The Balaban J connectivity index is 2.70. The molecule has 88 valence electrons. The molecule has 0 bridgehead atoms. The lowest BCUT2D eigenvalue weighted by molar-refractivity contribution is -0.137. The van der Waals surface area contributed by atoms with Crippen molar-refractivity contribution in [3.8, 4) is 0 Å². The molecule has 0 spiro atoms. The molecule has 2 heterocycles. The minimum absolute atomic E-state index is 0.134. The van der Waals surface area contributed by atoms with Gasteiger partial charge in [0.25, 0.3) is 0 Å². The maximum absolute atomic E-state index is 11.4. The second-order valence-electron chi connectivity index (χ2n) is 3.73. The van der Waals surface area contributed by atoms with E-state index >= 15 is 0 Å². The Labute approximate surface area is 96.7 Å². The molecule has 0 saturated carbocycles. The number of anilines is 1. The molecule has 0 aliphatic rings. The van der Waals surface area contributed by atoms with Crippen molar-refractivity contribution in [2.24, 2.45) is 0 Å². The SMILES string of the molecule is CC(=O)c1cn(CC(=O)O)c2nc(N)ccc12. The molecule has 0 aliphatic carbocycles. The maximum atomic E-state index is 11.4. The summed E-state index contributed by atoms with van der Waals surface area (Å²) in [5, 5.41) is 9.40. The summed E-state index contributed by atoms with van der Waals surface area (Å²) >= 11 is 0. The molecule has 2 aromatic rings. The quantitative estimate of drug-likeness (QED) is 0.767. The molecule has 2 rings (SSSR count). The van der Waals surface area contributed by atoms with Crippen molar-refractivity contribution in [2.45, 2.75) is 13.5 Å². The molecule has 0 aromatic carbocycles. The van der Waals surface area contributed by atoms with Gasteiger partial charge in [-0.2, -0.15) is 0 Å². The molecule has 0 saturated heterocycles. The van der Waals surface area contributed by atoms with Crippen molar-refractivity contribution in [1.29, 1.82) is 0 Å². The van der Waals surface area contributed by atoms with Crippen LogP contribution in [0.5, 0.6) is 0 Å². The van der Waals surface area contributed by atoms with Crippen LogP contribution in [0.3, 0.4) is 0 Å². The van der Waals surface area contributed by atoms with E-state index < -0.39 is 5.97 Å². The molecule has 3 N–H and O–H groups in total. The smallest absolute Gasteiger partial charge is 0.323 e. The van der Waals surface area contributed by atoms with E-state index in [2.05, 4.69) is 4.98 Å². The van der Waals surface area contributed by atoms with E-state index in [4.69, 9.17) is 10.8 Å². The van der Waals surface area contributed by atoms with E-state index in [0.717, 1.165) is 0 Å². The summed E-state index contributed by atoms with van der Waals surface area (Å²) in [6.07, 6.45) is 1.49. The Kier molecular flexibility index (Phi) is 2.55. The highest BCUT2D eigenvalue weighted by Crippen LogP contribution is 2.21. The third-order valence-corrected chi connectivity index (χ3v) is 2.43. The maximum Gasteiger partial charge on any atom is 0.323 e. The van der Waals surface area contributed by atoms with Gasteiger partial charge in [-0.05, 0) is 19.1 Å². The van der Waals surface area contributed by atoms with Crippen molar-refractivity contribution >= 4 is 28.6 Å². The number of ketones is 1. The van der Waals surface area contributed by atoms with Gasteiger partial charge >= 0.3 is 5.97 Å². The van der Waals surface area contributed by atoms with Crippen LogP contribution in [-0.4, -0.2) is 26.4 Å². The van der Waals surface area contributed by atoms with E-state index in [9.17, 15) is 9.59 Å². The number of pyridine rings is 1. The van der Waals surface area contributed by atoms with Gasteiger partial charge in [0, 0.05) is 17.1 Å². The third-order valence-electron chi connectivity index (χ3n) is 2.43. The number of fused-ring (bicyclic) bond motifs is 1. The number of nitrogens with zero attached hydrogens (tertiary/aromatic N) is 2. The van der Waals surface area contributed by atoms with Crippen molar-refractivity contribution in [1.82, 2.24) is 9.55 Å². The summed E-state index contributed by atoms with van der Waals surface area (Å²) in [5.74, 6) is -0.843. The van der Waals surface area contributed by atoms with Gasteiger partial charge in [-0.15, -0.1) is 0 Å². The largest absolute Gasteiger partial charge is 0.480 e. The van der Waals surface area contributed by atoms with E-state index in [1.54, 1.807) is 12.1 Å². The van der Waals surface area contributed by atoms with Gasteiger partial charge in [-0.1, -0.05) is 0 Å². The molecule has 0 aliphatic heterocycles. The van der Waals surface area contributed by atoms with Crippen LogP contribution in [0.15, 0.2) is 18.3 Å². The lowest BCUT2D eigenvalue weighted by atomic mass is 10.1. The Morgan fingerprint density at radius 3 is 2.76 bits per heavy atom. The Morgan fingerprint density at radius 1 is 1.47 bits per heavy atom. The topological polar surface area (TPSA) is 98.2 Å². The molecule has 0 unspecified atom stereocenters. The van der Waals surface area contributed by atoms with Crippen molar-refractivity contribution in [2.75, 3.05) is 5.73 Å². The van der Waals surface area contributed by atoms with Crippen LogP contribution >= 0.6 is 0 Å². The number of hydrogen-bond acceptors (Lipinski definition) is 4. The van der Waals surface area contributed by atoms with Crippen LogP contribution < -0.4 is 5.73 Å². The van der Waals surface area contributed by atoms with Crippen LogP contribution in [0.25, 0.3) is 11.0 Å². The van der Waals surface area contributed by atoms with Crippen LogP contribution in [0, 0.1) is 0 Å². The zero-order valence-corrected chi connectivity index (χ0v) is 9.17. The first-order chi connectivity index (χ1) is 7.99. The summed E-state index contributed by atoms with van der Waals surface area (Å²) in [6, 6.07) is 3.26. The molecule has 6 heteroatoms. The van der Waals surface area contributed by atoms with Gasteiger partial charge in [0.2, 0.25) is 0 Å². The summed E-state index contributed by atoms with van der Waals surface area (Å²) in [6.45, 7) is 1.18. The van der Waals surface area contributed by atoms with E-state index in [0.29, 0.717) is 16.6 Å². The van der Waals surface area contributed by atoms with E-state index in [1.165, 1.54) is 17.7 Å². The highest BCUT2D eigenvalue weighted by Gasteiger charge is 2.14. The Morgan fingerprint density at radius 2 is 2.18 bits per heavy atom. The number of aliphatic carboxylic acids is 1. The number of carbonyl (C=O) groups excluding carboxylic acids is 1. The molecular formula is C11H11N3O3. The second-order valence-corrected chi connectivity index (χ2v) is 3.73. The number of rotatable bonds is 3.